The number of methoxy groups -OCH3 is 1. The Balaban J connectivity index is 2.73. The fourth-order valence-electron chi connectivity index (χ4n) is 1.54. The maximum atomic E-state index is 12.2. The minimum Gasteiger partial charge on any atom is -0.383 e. The van der Waals surface area contributed by atoms with Gasteiger partial charge in [-0.25, -0.2) is 8.42 Å². The molecule has 0 aromatic heterocycles. The normalized spacial score (nSPS) is 12.9. The number of amides is 1. The van der Waals surface area contributed by atoms with E-state index in [1.165, 1.54) is 14.0 Å². The van der Waals surface area contributed by atoms with Gasteiger partial charge in [0, 0.05) is 18.7 Å². The van der Waals surface area contributed by atoms with Crippen LogP contribution in [0.15, 0.2) is 24.3 Å². The van der Waals surface area contributed by atoms with E-state index in [4.69, 9.17) is 16.3 Å². The highest BCUT2D eigenvalue weighted by Crippen LogP contribution is 2.19. The first-order valence-corrected chi connectivity index (χ1v) is 8.19. The van der Waals surface area contributed by atoms with Crippen molar-refractivity contribution in [3.8, 4) is 0 Å². The molecule has 0 spiro atoms. The van der Waals surface area contributed by atoms with Gasteiger partial charge in [0.2, 0.25) is 5.91 Å². The van der Waals surface area contributed by atoms with Gasteiger partial charge in [0.05, 0.1) is 12.4 Å². The van der Waals surface area contributed by atoms with Gasteiger partial charge in [0.1, 0.15) is 5.25 Å². The molecule has 20 heavy (non-hydrogen) atoms. The van der Waals surface area contributed by atoms with E-state index < -0.39 is 21.0 Å². The van der Waals surface area contributed by atoms with Crippen molar-refractivity contribution >= 4 is 27.3 Å². The molecule has 1 unspecified atom stereocenters. The molecule has 1 atom stereocenters. The fourth-order valence-corrected chi connectivity index (χ4v) is 3.17. The predicted octanol–water partition coefficient (Wildman–Crippen LogP) is 1.41. The van der Waals surface area contributed by atoms with Crippen LogP contribution in [-0.2, 0) is 25.1 Å². The molecule has 0 radical (unpaired) electrons. The van der Waals surface area contributed by atoms with Crippen LogP contribution >= 0.6 is 11.6 Å². The molecule has 1 amide bonds. The number of ether oxygens (including phenoxy) is 1. The largest absolute Gasteiger partial charge is 0.383 e. The first-order chi connectivity index (χ1) is 9.38. The molecule has 1 rings (SSSR count). The number of nitrogens with one attached hydrogen (secondary N) is 1. The highest BCUT2D eigenvalue weighted by molar-refractivity contribution is 7.92. The number of halogens is 1. The van der Waals surface area contributed by atoms with E-state index in [0.29, 0.717) is 17.2 Å². The Labute approximate surface area is 124 Å². The standard InChI is InChI=1S/C13H18ClNO4S/c1-10(13(16)15-7-8-19-2)20(17,18)9-11-5-3-4-6-12(11)14/h3-6,10H,7-9H2,1-2H3,(H,15,16). The van der Waals surface area contributed by atoms with Crippen molar-refractivity contribution in [1.82, 2.24) is 5.32 Å². The van der Waals surface area contributed by atoms with E-state index in [1.54, 1.807) is 24.3 Å². The van der Waals surface area contributed by atoms with Crippen molar-refractivity contribution in [3.63, 3.8) is 0 Å². The van der Waals surface area contributed by atoms with Crippen LogP contribution in [0.4, 0.5) is 0 Å². The third-order valence-electron chi connectivity index (χ3n) is 2.83. The quantitative estimate of drug-likeness (QED) is 0.771. The molecule has 0 bridgehead atoms. The maximum Gasteiger partial charge on any atom is 0.238 e. The Morgan fingerprint density at radius 3 is 2.65 bits per heavy atom. The van der Waals surface area contributed by atoms with Crippen LogP contribution in [0.2, 0.25) is 5.02 Å². The van der Waals surface area contributed by atoms with Crippen molar-refractivity contribution in [3.05, 3.63) is 34.9 Å². The summed E-state index contributed by atoms with van der Waals surface area (Å²) in [6.45, 7) is 1.98. The molecule has 1 aromatic rings. The second-order valence-electron chi connectivity index (χ2n) is 4.32. The Morgan fingerprint density at radius 1 is 1.40 bits per heavy atom. The number of benzene rings is 1. The Morgan fingerprint density at radius 2 is 2.05 bits per heavy atom. The number of sulfone groups is 1. The Kier molecular flexibility index (Phi) is 6.45. The number of hydrogen-bond acceptors (Lipinski definition) is 4. The zero-order valence-corrected chi connectivity index (χ0v) is 13.0. The van der Waals surface area contributed by atoms with Crippen LogP contribution in [0.3, 0.4) is 0 Å². The Bertz CT molecular complexity index is 559. The van der Waals surface area contributed by atoms with E-state index >= 15 is 0 Å². The van der Waals surface area contributed by atoms with Crippen molar-refractivity contribution in [2.45, 2.75) is 17.9 Å². The first kappa shape index (κ1) is 16.9. The summed E-state index contributed by atoms with van der Waals surface area (Å²) in [6, 6.07) is 6.69. The molecule has 5 nitrogen and oxygen atoms in total. The average Bonchev–Trinajstić information content (AvgIpc) is 2.40. The summed E-state index contributed by atoms with van der Waals surface area (Å²) in [4.78, 5) is 11.8. The predicted molar refractivity (Wildman–Crippen MR) is 78.4 cm³/mol. The number of rotatable bonds is 7. The summed E-state index contributed by atoms with van der Waals surface area (Å²) < 4.78 is 29.1. The van der Waals surface area contributed by atoms with E-state index in [0.717, 1.165) is 0 Å². The third-order valence-corrected chi connectivity index (χ3v) is 5.20. The zero-order valence-electron chi connectivity index (χ0n) is 11.4. The van der Waals surface area contributed by atoms with Crippen molar-refractivity contribution in [2.24, 2.45) is 0 Å². The van der Waals surface area contributed by atoms with Crippen LogP contribution < -0.4 is 5.32 Å². The van der Waals surface area contributed by atoms with Gasteiger partial charge < -0.3 is 10.1 Å². The molecule has 0 aliphatic rings. The molecule has 0 aliphatic heterocycles. The maximum absolute atomic E-state index is 12.2. The molecule has 7 heteroatoms. The van der Waals surface area contributed by atoms with Gasteiger partial charge in [-0.05, 0) is 18.6 Å². The van der Waals surface area contributed by atoms with E-state index in [9.17, 15) is 13.2 Å². The van der Waals surface area contributed by atoms with Crippen LogP contribution in [0.5, 0.6) is 0 Å². The lowest BCUT2D eigenvalue weighted by molar-refractivity contribution is -0.120. The molecule has 0 aliphatic carbocycles. The monoisotopic (exact) mass is 319 g/mol. The SMILES string of the molecule is COCCNC(=O)C(C)S(=O)(=O)Cc1ccccc1Cl. The van der Waals surface area contributed by atoms with Crippen molar-refractivity contribution in [1.29, 1.82) is 0 Å². The molecule has 0 saturated heterocycles. The number of hydrogen-bond donors (Lipinski definition) is 1. The molecule has 0 saturated carbocycles. The lowest BCUT2D eigenvalue weighted by Crippen LogP contribution is -2.39. The van der Waals surface area contributed by atoms with Crippen molar-refractivity contribution < 1.29 is 17.9 Å². The minimum absolute atomic E-state index is 0.258. The minimum atomic E-state index is -3.61. The van der Waals surface area contributed by atoms with Gasteiger partial charge in [0.15, 0.2) is 9.84 Å². The summed E-state index contributed by atoms with van der Waals surface area (Å²) in [5, 5.41) is 1.76. The molecule has 1 N–H and O–H groups in total. The van der Waals surface area contributed by atoms with Gasteiger partial charge in [-0.3, -0.25) is 4.79 Å². The van der Waals surface area contributed by atoms with Crippen LogP contribution in [0.25, 0.3) is 0 Å². The van der Waals surface area contributed by atoms with Gasteiger partial charge in [0.25, 0.3) is 0 Å². The second kappa shape index (κ2) is 7.61. The zero-order chi connectivity index (χ0) is 15.2. The van der Waals surface area contributed by atoms with Crippen LogP contribution in [0.1, 0.15) is 12.5 Å². The average molecular weight is 320 g/mol. The van der Waals surface area contributed by atoms with Gasteiger partial charge in [-0.15, -0.1) is 0 Å². The first-order valence-electron chi connectivity index (χ1n) is 6.10. The van der Waals surface area contributed by atoms with Gasteiger partial charge in [-0.2, -0.15) is 0 Å². The molecular weight excluding hydrogens is 302 g/mol. The highest BCUT2D eigenvalue weighted by Gasteiger charge is 2.28. The van der Waals surface area contributed by atoms with Gasteiger partial charge in [-0.1, -0.05) is 29.8 Å². The summed E-state index contributed by atoms with van der Waals surface area (Å²) >= 11 is 5.94. The second-order valence-corrected chi connectivity index (χ2v) is 7.05. The lowest BCUT2D eigenvalue weighted by atomic mass is 10.2. The van der Waals surface area contributed by atoms with Crippen LogP contribution in [-0.4, -0.2) is 39.8 Å². The van der Waals surface area contributed by atoms with Gasteiger partial charge >= 0.3 is 0 Å². The number of carbonyl (C=O) groups excluding carboxylic acids is 1. The molecular formula is C13H18ClNO4S. The fraction of sp³-hybridized carbons (Fsp3) is 0.462. The molecule has 112 valence electrons. The molecule has 1 aromatic carbocycles. The topological polar surface area (TPSA) is 72.5 Å². The summed E-state index contributed by atoms with van der Waals surface area (Å²) in [6.07, 6.45) is 0. The smallest absolute Gasteiger partial charge is 0.238 e. The lowest BCUT2D eigenvalue weighted by Gasteiger charge is -2.13. The van der Waals surface area contributed by atoms with E-state index in [-0.39, 0.29) is 12.3 Å². The van der Waals surface area contributed by atoms with Crippen LogP contribution in [0, 0.1) is 0 Å². The summed E-state index contributed by atoms with van der Waals surface area (Å²) in [5.41, 5.74) is 0.491. The Hall–Kier alpha value is -1.11. The van der Waals surface area contributed by atoms with E-state index in [2.05, 4.69) is 5.32 Å². The van der Waals surface area contributed by atoms with E-state index in [1.807, 2.05) is 0 Å². The number of carbonyl (C=O) groups is 1. The molecule has 0 fully saturated rings. The van der Waals surface area contributed by atoms with Crippen molar-refractivity contribution in [2.75, 3.05) is 20.3 Å². The third kappa shape index (κ3) is 4.77. The summed E-state index contributed by atoms with van der Waals surface area (Å²) in [7, 11) is -2.11. The highest BCUT2D eigenvalue weighted by atomic mass is 35.5. The summed E-state index contributed by atoms with van der Waals surface area (Å²) in [5.74, 6) is -0.792. The molecule has 0 heterocycles.